The van der Waals surface area contributed by atoms with Crippen LogP contribution in [0.25, 0.3) is 73.7 Å². The van der Waals surface area contributed by atoms with Gasteiger partial charge in [0, 0.05) is 19.2 Å². The molecule has 0 saturated heterocycles. The minimum atomic E-state index is 0.967. The monoisotopic (exact) mass is 570 g/mol. The van der Waals surface area contributed by atoms with Gasteiger partial charge in [-0.1, -0.05) is 97.6 Å². The predicted molar refractivity (Wildman–Crippen MR) is 193 cm³/mol. The number of fused-ring (bicyclic) bond motifs is 4. The van der Waals surface area contributed by atoms with Crippen molar-refractivity contribution in [3.63, 3.8) is 0 Å². The zero-order valence-corrected chi connectivity index (χ0v) is 25.4. The van der Waals surface area contributed by atoms with Gasteiger partial charge in [-0.25, -0.2) is 0 Å². The molecule has 0 aliphatic carbocycles. The zero-order valence-electron chi connectivity index (χ0n) is 23.8. The predicted octanol–water partition coefficient (Wildman–Crippen LogP) is 9.69. The van der Waals surface area contributed by atoms with E-state index in [0.29, 0.717) is 0 Å². The number of benzene rings is 6. The molecule has 198 valence electrons. The Morgan fingerprint density at radius 1 is 0.429 bits per heavy atom. The Kier molecular flexibility index (Phi) is 6.28. The first-order chi connectivity index (χ1) is 20.7. The first kappa shape index (κ1) is 25.6. The number of thiophene rings is 2. The third-order valence-electron chi connectivity index (χ3n) is 8.65. The zero-order chi connectivity index (χ0) is 28.2. The molecule has 0 nitrogen and oxygen atoms in total. The van der Waals surface area contributed by atoms with Crippen LogP contribution < -0.4 is 0 Å². The number of hydrogen-bond acceptors (Lipinski definition) is 2. The van der Waals surface area contributed by atoms with Crippen LogP contribution in [0.5, 0.6) is 0 Å². The Bertz CT molecular complexity index is 2060. The lowest BCUT2D eigenvalue weighted by molar-refractivity contribution is 1.38. The Morgan fingerprint density at radius 2 is 0.810 bits per heavy atom. The first-order valence-corrected chi connectivity index (χ1v) is 16.4. The molecule has 42 heavy (non-hydrogen) atoms. The van der Waals surface area contributed by atoms with E-state index in [1.54, 1.807) is 0 Å². The molecule has 0 bridgehead atoms. The summed E-state index contributed by atoms with van der Waals surface area (Å²) in [5.41, 5.74) is 8.41. The minimum Gasteiger partial charge on any atom is -0.135 e. The van der Waals surface area contributed by atoms with Gasteiger partial charge < -0.3 is 0 Å². The molecule has 0 saturated carbocycles. The maximum absolute atomic E-state index is 2.44. The molecule has 0 fully saturated rings. The summed E-state index contributed by atoms with van der Waals surface area (Å²) in [6.45, 7) is 0. The maximum atomic E-state index is 2.44. The molecule has 0 atom stereocenters. The highest BCUT2D eigenvalue weighted by atomic mass is 32.1. The highest BCUT2D eigenvalue weighted by Gasteiger charge is 2.23. The first-order valence-electron chi connectivity index (χ1n) is 14.8. The van der Waals surface area contributed by atoms with E-state index < -0.39 is 0 Å². The van der Waals surface area contributed by atoms with Gasteiger partial charge in [0.2, 0.25) is 0 Å². The van der Waals surface area contributed by atoms with Crippen LogP contribution in [-0.4, -0.2) is 15.7 Å². The van der Waals surface area contributed by atoms with Crippen molar-refractivity contribution >= 4 is 80.1 Å². The van der Waals surface area contributed by atoms with Crippen LogP contribution in [0.15, 0.2) is 121 Å². The SMILES string of the molecule is BCc1c(-c2cc3ccccc3s2)cc2ccccc2c1-c1c(CB)c(-c2cc3ccccc3s2)cc2ccccc12. The summed E-state index contributed by atoms with van der Waals surface area (Å²) in [6.07, 6.45) is 1.93. The van der Waals surface area contributed by atoms with E-state index >= 15 is 0 Å². The second kappa shape index (κ2) is 10.3. The van der Waals surface area contributed by atoms with Crippen LogP contribution >= 0.6 is 22.7 Å². The number of rotatable bonds is 5. The minimum absolute atomic E-state index is 0.967. The van der Waals surface area contributed by atoms with E-state index in [-0.39, 0.29) is 0 Å². The molecule has 2 aromatic heterocycles. The highest BCUT2D eigenvalue weighted by molar-refractivity contribution is 7.22. The molecule has 0 N–H and O–H groups in total. The summed E-state index contributed by atoms with van der Waals surface area (Å²) in [5.74, 6) is 0. The third kappa shape index (κ3) is 4.05. The number of hydrogen-bond donors (Lipinski definition) is 0. The molecule has 0 aliphatic heterocycles. The standard InChI is InChI=1S/C38H28B2S2/c39-21-31-29(35-19-25-11-3-7-15-33(25)41-35)17-23-9-1-5-13-27(23)37(31)38-28-14-6-2-10-24(28)18-30(32(38)22-40)36-20-26-12-4-8-16-34(26)42-36/h1-20H,21-22,39-40H2. The van der Waals surface area contributed by atoms with E-state index in [1.165, 1.54) is 84.9 Å². The summed E-state index contributed by atoms with van der Waals surface area (Å²) in [6, 6.07) is 45.2. The van der Waals surface area contributed by atoms with Crippen LogP contribution in [0.4, 0.5) is 0 Å². The normalized spacial score (nSPS) is 11.7. The van der Waals surface area contributed by atoms with E-state index in [2.05, 4.69) is 137 Å². The molecule has 8 rings (SSSR count). The second-order valence-corrected chi connectivity index (χ2v) is 13.2. The summed E-state index contributed by atoms with van der Waals surface area (Å²) < 4.78 is 2.69. The van der Waals surface area contributed by atoms with Crippen molar-refractivity contribution in [3.05, 3.63) is 132 Å². The van der Waals surface area contributed by atoms with Crippen LogP contribution in [0.3, 0.4) is 0 Å². The Labute approximate surface area is 256 Å². The van der Waals surface area contributed by atoms with Gasteiger partial charge >= 0.3 is 0 Å². The highest BCUT2D eigenvalue weighted by Crippen LogP contribution is 2.48. The van der Waals surface area contributed by atoms with Gasteiger partial charge in [0.25, 0.3) is 0 Å². The quantitative estimate of drug-likeness (QED) is 0.181. The van der Waals surface area contributed by atoms with Crippen molar-refractivity contribution in [2.45, 2.75) is 12.6 Å². The van der Waals surface area contributed by atoms with Gasteiger partial charge in [-0.2, -0.15) is 0 Å². The molecule has 6 aromatic carbocycles. The van der Waals surface area contributed by atoms with Crippen LogP contribution in [0, 0.1) is 0 Å². The summed E-state index contributed by atoms with van der Waals surface area (Å²) >= 11 is 3.82. The molecule has 0 radical (unpaired) electrons. The van der Waals surface area contributed by atoms with Crippen molar-refractivity contribution in [1.82, 2.24) is 0 Å². The fourth-order valence-electron chi connectivity index (χ4n) is 6.76. The van der Waals surface area contributed by atoms with Crippen LogP contribution in [0.2, 0.25) is 0 Å². The van der Waals surface area contributed by atoms with Gasteiger partial charge in [0.15, 0.2) is 0 Å². The third-order valence-corrected chi connectivity index (χ3v) is 11.0. The van der Waals surface area contributed by atoms with Gasteiger partial charge in [0.1, 0.15) is 15.7 Å². The van der Waals surface area contributed by atoms with Crippen molar-refractivity contribution in [1.29, 1.82) is 0 Å². The topological polar surface area (TPSA) is 0 Å². The Morgan fingerprint density at radius 3 is 1.21 bits per heavy atom. The van der Waals surface area contributed by atoms with Crippen LogP contribution in [-0.2, 0) is 12.6 Å². The van der Waals surface area contributed by atoms with Gasteiger partial charge in [0.05, 0.1) is 0 Å². The van der Waals surface area contributed by atoms with Gasteiger partial charge in [-0.3, -0.25) is 0 Å². The van der Waals surface area contributed by atoms with Crippen LogP contribution in [0.1, 0.15) is 11.1 Å². The summed E-state index contributed by atoms with van der Waals surface area (Å²) in [7, 11) is 4.65. The molecule has 0 unspecified atom stereocenters. The van der Waals surface area contributed by atoms with Crippen molar-refractivity contribution < 1.29 is 0 Å². The van der Waals surface area contributed by atoms with E-state index in [9.17, 15) is 0 Å². The largest absolute Gasteiger partial charge is 0.135 e. The average Bonchev–Trinajstić information content (AvgIpc) is 3.67. The average molecular weight is 570 g/mol. The lowest BCUT2D eigenvalue weighted by atomic mass is 9.77. The molecule has 8 aromatic rings. The van der Waals surface area contributed by atoms with Crippen molar-refractivity contribution in [2.24, 2.45) is 0 Å². The second-order valence-electron chi connectivity index (χ2n) is 11.0. The molecular formula is C38H28B2S2. The molecule has 0 aliphatic rings. The van der Waals surface area contributed by atoms with E-state index in [4.69, 9.17) is 0 Å². The van der Waals surface area contributed by atoms with Crippen molar-refractivity contribution in [2.75, 3.05) is 0 Å². The van der Waals surface area contributed by atoms with Gasteiger partial charge in [-0.15, -0.1) is 22.7 Å². The van der Waals surface area contributed by atoms with E-state index in [1.807, 2.05) is 22.7 Å². The molecule has 0 amide bonds. The smallest absolute Gasteiger partial charge is 0.107 e. The summed E-state index contributed by atoms with van der Waals surface area (Å²) in [4.78, 5) is 2.70. The Balaban J connectivity index is 1.51. The lowest BCUT2D eigenvalue weighted by Crippen LogP contribution is -2.01. The fraction of sp³-hybridized carbons (Fsp3) is 0.0526. The van der Waals surface area contributed by atoms with Gasteiger partial charge in [-0.05, 0) is 102 Å². The molecule has 2 heterocycles. The van der Waals surface area contributed by atoms with E-state index in [0.717, 1.165) is 12.6 Å². The lowest BCUT2D eigenvalue weighted by Gasteiger charge is -2.23. The maximum Gasteiger partial charge on any atom is 0.107 e. The summed E-state index contributed by atoms with van der Waals surface area (Å²) in [5, 5.41) is 7.92. The van der Waals surface area contributed by atoms with Crippen molar-refractivity contribution in [3.8, 4) is 32.0 Å². The fourth-order valence-corrected chi connectivity index (χ4v) is 8.97. The Hall–Kier alpha value is -4.11. The molecular weight excluding hydrogens is 542 g/mol. The molecule has 0 spiro atoms. The molecule has 4 heteroatoms.